The lowest BCUT2D eigenvalue weighted by Crippen LogP contribution is -2.12. The standard InChI is InChI=1S/C25H24FNO4/c1-4-30-24(28)15-18-6-12-23(22(26)14-18)31-21-10-8-20(9-11-21)27-25(29)19-7-5-16(2)17(3)13-19/h5-14H,4,15H2,1-3H3,(H,27,29). The zero-order chi connectivity index (χ0) is 22.4. The number of benzene rings is 3. The summed E-state index contributed by atoms with van der Waals surface area (Å²) in [5.41, 5.74) is 3.85. The lowest BCUT2D eigenvalue weighted by atomic mass is 10.1. The molecule has 160 valence electrons. The number of carbonyl (C=O) groups excluding carboxylic acids is 2. The van der Waals surface area contributed by atoms with Crippen molar-refractivity contribution in [2.75, 3.05) is 11.9 Å². The summed E-state index contributed by atoms with van der Waals surface area (Å²) in [6.45, 7) is 5.95. The van der Waals surface area contributed by atoms with Crippen molar-refractivity contribution < 1.29 is 23.5 Å². The Balaban J connectivity index is 1.63. The first-order valence-corrected chi connectivity index (χ1v) is 9.96. The molecular formula is C25H24FNO4. The lowest BCUT2D eigenvalue weighted by Gasteiger charge is -2.10. The van der Waals surface area contributed by atoms with E-state index < -0.39 is 11.8 Å². The van der Waals surface area contributed by atoms with Gasteiger partial charge in [0, 0.05) is 11.3 Å². The number of ether oxygens (including phenoxy) is 2. The molecule has 0 radical (unpaired) electrons. The van der Waals surface area contributed by atoms with Gasteiger partial charge in [-0.2, -0.15) is 0 Å². The van der Waals surface area contributed by atoms with Crippen LogP contribution in [0.15, 0.2) is 60.7 Å². The second-order valence-electron chi connectivity index (χ2n) is 7.13. The molecule has 0 aromatic heterocycles. The second kappa shape index (κ2) is 9.89. The number of esters is 1. The van der Waals surface area contributed by atoms with Crippen LogP contribution in [-0.2, 0) is 16.0 Å². The van der Waals surface area contributed by atoms with Gasteiger partial charge in [-0.15, -0.1) is 0 Å². The Kier molecular flexibility index (Phi) is 7.03. The van der Waals surface area contributed by atoms with Crippen LogP contribution in [0, 0.1) is 19.7 Å². The zero-order valence-electron chi connectivity index (χ0n) is 17.7. The molecule has 0 aliphatic carbocycles. The summed E-state index contributed by atoms with van der Waals surface area (Å²) in [5, 5.41) is 2.83. The molecule has 0 saturated heterocycles. The maximum Gasteiger partial charge on any atom is 0.310 e. The van der Waals surface area contributed by atoms with Gasteiger partial charge < -0.3 is 14.8 Å². The molecule has 0 aliphatic rings. The first-order valence-electron chi connectivity index (χ1n) is 9.96. The predicted octanol–water partition coefficient (Wildman–Crippen LogP) is 5.59. The van der Waals surface area contributed by atoms with E-state index in [1.54, 1.807) is 43.3 Å². The molecule has 0 bridgehead atoms. The van der Waals surface area contributed by atoms with Gasteiger partial charge in [0.25, 0.3) is 5.91 Å². The molecule has 0 spiro atoms. The number of halogens is 1. The highest BCUT2D eigenvalue weighted by Gasteiger charge is 2.11. The fourth-order valence-corrected chi connectivity index (χ4v) is 2.93. The smallest absolute Gasteiger partial charge is 0.310 e. The number of amides is 1. The van der Waals surface area contributed by atoms with Crippen molar-refractivity contribution in [1.29, 1.82) is 0 Å². The van der Waals surface area contributed by atoms with E-state index in [0.29, 0.717) is 22.6 Å². The molecule has 0 atom stereocenters. The van der Waals surface area contributed by atoms with Gasteiger partial charge in [-0.1, -0.05) is 12.1 Å². The van der Waals surface area contributed by atoms with Gasteiger partial charge in [-0.3, -0.25) is 9.59 Å². The number of nitrogens with one attached hydrogen (secondary N) is 1. The molecule has 0 saturated carbocycles. The van der Waals surface area contributed by atoms with E-state index in [-0.39, 0.29) is 24.7 Å². The van der Waals surface area contributed by atoms with Crippen LogP contribution in [0.1, 0.15) is 34.0 Å². The molecule has 5 nitrogen and oxygen atoms in total. The fraction of sp³-hybridized carbons (Fsp3) is 0.200. The van der Waals surface area contributed by atoms with Crippen molar-refractivity contribution >= 4 is 17.6 Å². The van der Waals surface area contributed by atoms with Crippen molar-refractivity contribution in [3.8, 4) is 11.5 Å². The van der Waals surface area contributed by atoms with Gasteiger partial charge >= 0.3 is 5.97 Å². The molecule has 0 aliphatic heterocycles. The highest BCUT2D eigenvalue weighted by Crippen LogP contribution is 2.26. The van der Waals surface area contributed by atoms with Crippen molar-refractivity contribution in [3.05, 3.63) is 88.7 Å². The number of hydrogen-bond donors (Lipinski definition) is 1. The number of carbonyl (C=O) groups is 2. The van der Waals surface area contributed by atoms with E-state index in [1.165, 1.54) is 12.1 Å². The molecule has 3 rings (SSSR count). The van der Waals surface area contributed by atoms with Gasteiger partial charge in [0.1, 0.15) is 5.75 Å². The van der Waals surface area contributed by atoms with Crippen LogP contribution in [0.2, 0.25) is 0 Å². The summed E-state index contributed by atoms with van der Waals surface area (Å²) in [5.74, 6) is -0.733. The average molecular weight is 421 g/mol. The second-order valence-corrected chi connectivity index (χ2v) is 7.13. The van der Waals surface area contributed by atoms with Crippen LogP contribution in [0.5, 0.6) is 11.5 Å². The molecule has 0 heterocycles. The third-order valence-corrected chi connectivity index (χ3v) is 4.76. The predicted molar refractivity (Wildman–Crippen MR) is 117 cm³/mol. The van der Waals surface area contributed by atoms with Crippen LogP contribution in [0.3, 0.4) is 0 Å². The van der Waals surface area contributed by atoms with E-state index in [4.69, 9.17) is 9.47 Å². The number of hydrogen-bond acceptors (Lipinski definition) is 4. The average Bonchev–Trinajstić information content (AvgIpc) is 2.73. The molecule has 0 unspecified atom stereocenters. The van der Waals surface area contributed by atoms with Gasteiger partial charge in [-0.05, 0) is 86.0 Å². The molecule has 6 heteroatoms. The van der Waals surface area contributed by atoms with Crippen LogP contribution in [0.4, 0.5) is 10.1 Å². The fourth-order valence-electron chi connectivity index (χ4n) is 2.93. The van der Waals surface area contributed by atoms with Crippen LogP contribution >= 0.6 is 0 Å². The summed E-state index contributed by atoms with van der Waals surface area (Å²) >= 11 is 0. The number of aryl methyl sites for hydroxylation is 2. The van der Waals surface area contributed by atoms with Crippen LogP contribution in [-0.4, -0.2) is 18.5 Å². The molecule has 0 fully saturated rings. The third-order valence-electron chi connectivity index (χ3n) is 4.76. The summed E-state index contributed by atoms with van der Waals surface area (Å²) in [6.07, 6.45) is -0.0000571. The Morgan fingerprint density at radius 1 is 0.935 bits per heavy atom. The van der Waals surface area contributed by atoms with Gasteiger partial charge in [-0.25, -0.2) is 4.39 Å². The third kappa shape index (κ3) is 5.92. The number of rotatable bonds is 7. The molecule has 1 amide bonds. The van der Waals surface area contributed by atoms with Gasteiger partial charge in [0.05, 0.1) is 13.0 Å². The Bertz CT molecular complexity index is 1090. The Morgan fingerprint density at radius 2 is 1.68 bits per heavy atom. The van der Waals surface area contributed by atoms with E-state index in [2.05, 4.69) is 5.32 Å². The van der Waals surface area contributed by atoms with E-state index >= 15 is 0 Å². The quantitative estimate of drug-likeness (QED) is 0.505. The molecule has 31 heavy (non-hydrogen) atoms. The van der Waals surface area contributed by atoms with Crippen LogP contribution in [0.25, 0.3) is 0 Å². The van der Waals surface area contributed by atoms with Crippen LogP contribution < -0.4 is 10.1 Å². The largest absolute Gasteiger partial charge is 0.466 e. The first kappa shape index (κ1) is 22.0. The summed E-state index contributed by atoms with van der Waals surface area (Å²) in [4.78, 5) is 23.9. The first-order chi connectivity index (χ1) is 14.9. The summed E-state index contributed by atoms with van der Waals surface area (Å²) in [7, 11) is 0. The Labute approximate surface area is 180 Å². The van der Waals surface area contributed by atoms with E-state index in [9.17, 15) is 14.0 Å². The SMILES string of the molecule is CCOC(=O)Cc1ccc(Oc2ccc(NC(=O)c3ccc(C)c(C)c3)cc2)c(F)c1. The topological polar surface area (TPSA) is 64.6 Å². The van der Waals surface area contributed by atoms with Crippen molar-refractivity contribution in [1.82, 2.24) is 0 Å². The minimum absolute atomic E-state index is 0.0000571. The van der Waals surface area contributed by atoms with E-state index in [1.807, 2.05) is 26.0 Å². The Hall–Kier alpha value is -3.67. The zero-order valence-corrected chi connectivity index (χ0v) is 17.7. The van der Waals surface area contributed by atoms with Crippen molar-refractivity contribution in [3.63, 3.8) is 0 Å². The van der Waals surface area contributed by atoms with E-state index in [0.717, 1.165) is 11.1 Å². The normalized spacial score (nSPS) is 10.5. The molecule has 3 aromatic carbocycles. The summed E-state index contributed by atoms with van der Waals surface area (Å²) < 4.78 is 24.8. The highest BCUT2D eigenvalue weighted by atomic mass is 19.1. The maximum absolute atomic E-state index is 14.3. The maximum atomic E-state index is 14.3. The Morgan fingerprint density at radius 3 is 2.32 bits per heavy atom. The molecule has 1 N–H and O–H groups in total. The van der Waals surface area contributed by atoms with Gasteiger partial charge in [0.2, 0.25) is 0 Å². The number of anilines is 1. The minimum atomic E-state index is -0.575. The lowest BCUT2D eigenvalue weighted by molar-refractivity contribution is -0.142. The molecule has 3 aromatic rings. The van der Waals surface area contributed by atoms with Crippen molar-refractivity contribution in [2.24, 2.45) is 0 Å². The summed E-state index contributed by atoms with van der Waals surface area (Å²) in [6, 6.07) is 16.5. The molecular weight excluding hydrogens is 397 g/mol. The minimum Gasteiger partial charge on any atom is -0.466 e. The monoisotopic (exact) mass is 421 g/mol. The van der Waals surface area contributed by atoms with Gasteiger partial charge in [0.15, 0.2) is 11.6 Å². The highest BCUT2D eigenvalue weighted by molar-refractivity contribution is 6.04. The van der Waals surface area contributed by atoms with Crippen molar-refractivity contribution in [2.45, 2.75) is 27.2 Å².